The van der Waals surface area contributed by atoms with Crippen LogP contribution < -0.4 is 9.47 Å². The van der Waals surface area contributed by atoms with E-state index in [0.29, 0.717) is 28.0 Å². The molecule has 0 bridgehead atoms. The average Bonchev–Trinajstić information content (AvgIpc) is 3.08. The third-order valence-electron chi connectivity index (χ3n) is 4.82. The quantitative estimate of drug-likeness (QED) is 0.243. The molecule has 0 unspecified atom stereocenters. The maximum atomic E-state index is 12.8. The fraction of sp³-hybridized carbons (Fsp3) is 0.120. The summed E-state index contributed by atoms with van der Waals surface area (Å²) in [6.45, 7) is 0.774. The molecule has 174 valence electrons. The van der Waals surface area contributed by atoms with E-state index in [1.165, 1.54) is 4.90 Å². The Morgan fingerprint density at radius 1 is 0.941 bits per heavy atom. The van der Waals surface area contributed by atoms with Gasteiger partial charge in [-0.3, -0.25) is 14.5 Å². The molecule has 34 heavy (non-hydrogen) atoms. The van der Waals surface area contributed by atoms with Gasteiger partial charge in [0.25, 0.3) is 11.1 Å². The van der Waals surface area contributed by atoms with Crippen molar-refractivity contribution in [1.82, 2.24) is 4.90 Å². The van der Waals surface area contributed by atoms with E-state index < -0.39 is 0 Å². The lowest BCUT2D eigenvalue weighted by atomic mass is 10.2. The average molecular weight is 624 g/mol. The fourth-order valence-corrected chi connectivity index (χ4v) is 5.60. The van der Waals surface area contributed by atoms with Gasteiger partial charge in [-0.25, -0.2) is 0 Å². The number of thioether (sulfide) groups is 1. The topological polar surface area (TPSA) is 55.8 Å². The highest BCUT2D eigenvalue weighted by Crippen LogP contribution is 2.38. The zero-order chi connectivity index (χ0) is 24.1. The molecule has 0 aliphatic carbocycles. The van der Waals surface area contributed by atoms with E-state index >= 15 is 0 Å². The van der Waals surface area contributed by atoms with E-state index in [1.54, 1.807) is 30.3 Å². The van der Waals surface area contributed by atoms with Crippen LogP contribution >= 0.6 is 55.2 Å². The van der Waals surface area contributed by atoms with Gasteiger partial charge in [0.15, 0.2) is 0 Å². The lowest BCUT2D eigenvalue weighted by Gasteiger charge is -2.13. The molecule has 1 saturated heterocycles. The van der Waals surface area contributed by atoms with Crippen molar-refractivity contribution in [3.05, 3.63) is 96.7 Å². The zero-order valence-corrected chi connectivity index (χ0v) is 22.4. The Kier molecular flexibility index (Phi) is 8.37. The molecule has 1 aliphatic heterocycles. The SMILES string of the molecule is O=C1S/C(=C\c2cc(Br)c(OCc3ccccc3)c(Br)c2)C(=O)N1CCOc1ccc(Cl)cc1. The largest absolute Gasteiger partial charge is 0.492 e. The highest BCUT2D eigenvalue weighted by Gasteiger charge is 2.34. The molecule has 1 fully saturated rings. The van der Waals surface area contributed by atoms with Gasteiger partial charge in [0.2, 0.25) is 0 Å². The van der Waals surface area contributed by atoms with Crippen LogP contribution in [-0.2, 0) is 11.4 Å². The number of carbonyl (C=O) groups is 2. The first kappa shape index (κ1) is 24.9. The number of carbonyl (C=O) groups excluding carboxylic acids is 2. The summed E-state index contributed by atoms with van der Waals surface area (Å²) in [4.78, 5) is 26.7. The third kappa shape index (κ3) is 6.24. The van der Waals surface area contributed by atoms with Crippen LogP contribution in [-0.4, -0.2) is 29.2 Å². The molecule has 0 saturated carbocycles. The van der Waals surface area contributed by atoms with Gasteiger partial charge in [-0.2, -0.15) is 0 Å². The standard InChI is InChI=1S/C25H18Br2ClNO4S/c26-20-12-17(13-21(27)23(20)33-15-16-4-2-1-3-5-16)14-22-24(30)29(25(31)34-22)10-11-32-19-8-6-18(28)7-9-19/h1-9,12-14H,10-11,15H2/b22-14-. The Bertz CT molecular complexity index is 1210. The molecule has 4 rings (SSSR count). The molecule has 3 aromatic rings. The number of nitrogens with zero attached hydrogens (tertiary/aromatic N) is 1. The second-order valence-corrected chi connectivity index (χ2v) is 10.4. The van der Waals surface area contributed by atoms with Crippen molar-refractivity contribution in [1.29, 1.82) is 0 Å². The van der Waals surface area contributed by atoms with Crippen LogP contribution in [0.4, 0.5) is 4.79 Å². The second kappa shape index (κ2) is 11.4. The minimum atomic E-state index is -0.341. The molecular formula is C25H18Br2ClNO4S. The Morgan fingerprint density at radius 2 is 1.62 bits per heavy atom. The molecule has 0 N–H and O–H groups in total. The van der Waals surface area contributed by atoms with E-state index in [9.17, 15) is 9.59 Å². The summed E-state index contributed by atoms with van der Waals surface area (Å²) in [7, 11) is 0. The van der Waals surface area contributed by atoms with Gasteiger partial charge in [-0.05, 0) is 97.2 Å². The smallest absolute Gasteiger partial charge is 0.293 e. The van der Waals surface area contributed by atoms with E-state index in [2.05, 4.69) is 31.9 Å². The zero-order valence-electron chi connectivity index (χ0n) is 17.7. The first-order valence-electron chi connectivity index (χ1n) is 10.2. The van der Waals surface area contributed by atoms with Crippen molar-refractivity contribution in [2.24, 2.45) is 0 Å². The Hall–Kier alpha value is -2.26. The molecular weight excluding hydrogens is 606 g/mol. The summed E-state index contributed by atoms with van der Waals surface area (Å²) in [6.07, 6.45) is 1.70. The van der Waals surface area contributed by atoms with Crippen LogP contribution in [0.2, 0.25) is 5.02 Å². The molecule has 0 spiro atoms. The lowest BCUT2D eigenvalue weighted by Crippen LogP contribution is -2.32. The van der Waals surface area contributed by atoms with E-state index in [1.807, 2.05) is 42.5 Å². The summed E-state index contributed by atoms with van der Waals surface area (Å²) in [5.41, 5.74) is 1.81. The van der Waals surface area contributed by atoms with Gasteiger partial charge in [0.1, 0.15) is 24.7 Å². The molecule has 1 heterocycles. The summed E-state index contributed by atoms with van der Waals surface area (Å²) in [5, 5.41) is 0.286. The highest BCUT2D eigenvalue weighted by atomic mass is 79.9. The van der Waals surface area contributed by atoms with E-state index in [0.717, 1.165) is 31.8 Å². The molecule has 2 amide bonds. The maximum absolute atomic E-state index is 12.8. The summed E-state index contributed by atoms with van der Waals surface area (Å²) in [5.74, 6) is 0.941. The van der Waals surface area contributed by atoms with Crippen LogP contribution in [0.1, 0.15) is 11.1 Å². The number of hydrogen-bond donors (Lipinski definition) is 0. The minimum absolute atomic E-state index is 0.157. The van der Waals surface area contributed by atoms with E-state index in [-0.39, 0.29) is 24.3 Å². The van der Waals surface area contributed by atoms with Gasteiger partial charge in [-0.1, -0.05) is 41.9 Å². The molecule has 0 radical (unpaired) electrons. The number of rotatable bonds is 8. The molecule has 0 atom stereocenters. The molecule has 1 aliphatic rings. The van der Waals surface area contributed by atoms with Crippen molar-refractivity contribution in [3.63, 3.8) is 0 Å². The van der Waals surface area contributed by atoms with Crippen LogP contribution in [0, 0.1) is 0 Å². The fourth-order valence-electron chi connectivity index (χ4n) is 3.16. The number of imide groups is 1. The van der Waals surface area contributed by atoms with Gasteiger partial charge in [-0.15, -0.1) is 0 Å². The molecule has 3 aromatic carbocycles. The first-order chi connectivity index (χ1) is 16.4. The molecule has 5 nitrogen and oxygen atoms in total. The van der Waals surface area contributed by atoms with Crippen molar-refractivity contribution in [2.75, 3.05) is 13.2 Å². The summed E-state index contributed by atoms with van der Waals surface area (Å²) >= 11 is 13.9. The normalized spacial score (nSPS) is 14.7. The van der Waals surface area contributed by atoms with Crippen molar-refractivity contribution >= 4 is 72.4 Å². The van der Waals surface area contributed by atoms with Crippen LogP contribution in [0.25, 0.3) is 6.08 Å². The predicted octanol–water partition coefficient (Wildman–Crippen LogP) is 7.56. The first-order valence-corrected chi connectivity index (χ1v) is 13.0. The number of amides is 2. The summed E-state index contributed by atoms with van der Waals surface area (Å²) in [6, 6.07) is 20.5. The Labute approximate surface area is 223 Å². The van der Waals surface area contributed by atoms with Crippen molar-refractivity contribution < 1.29 is 19.1 Å². The number of benzene rings is 3. The van der Waals surface area contributed by atoms with Crippen LogP contribution in [0.3, 0.4) is 0 Å². The minimum Gasteiger partial charge on any atom is -0.492 e. The number of halogens is 3. The molecule has 9 heteroatoms. The highest BCUT2D eigenvalue weighted by molar-refractivity contribution is 9.11. The van der Waals surface area contributed by atoms with Gasteiger partial charge >= 0.3 is 0 Å². The number of ether oxygens (including phenoxy) is 2. The number of hydrogen-bond acceptors (Lipinski definition) is 5. The van der Waals surface area contributed by atoms with Gasteiger partial charge in [0, 0.05) is 5.02 Å². The second-order valence-electron chi connectivity index (χ2n) is 7.22. The maximum Gasteiger partial charge on any atom is 0.293 e. The van der Waals surface area contributed by atoms with Gasteiger partial charge in [0.05, 0.1) is 20.4 Å². The lowest BCUT2D eigenvalue weighted by molar-refractivity contribution is -0.123. The Balaban J connectivity index is 1.40. The Morgan fingerprint density at radius 3 is 2.29 bits per heavy atom. The predicted molar refractivity (Wildman–Crippen MR) is 142 cm³/mol. The molecule has 0 aromatic heterocycles. The van der Waals surface area contributed by atoms with Gasteiger partial charge < -0.3 is 9.47 Å². The third-order valence-corrected chi connectivity index (χ3v) is 7.15. The van der Waals surface area contributed by atoms with Crippen LogP contribution in [0.15, 0.2) is 80.6 Å². The summed E-state index contributed by atoms with van der Waals surface area (Å²) < 4.78 is 13.0. The monoisotopic (exact) mass is 621 g/mol. The van der Waals surface area contributed by atoms with Crippen LogP contribution in [0.5, 0.6) is 11.5 Å². The van der Waals surface area contributed by atoms with Crippen molar-refractivity contribution in [3.8, 4) is 11.5 Å². The van der Waals surface area contributed by atoms with E-state index in [4.69, 9.17) is 21.1 Å². The van der Waals surface area contributed by atoms with Crippen molar-refractivity contribution in [2.45, 2.75) is 6.61 Å².